The van der Waals surface area contributed by atoms with Crippen molar-refractivity contribution >= 4 is 32.3 Å². The Labute approximate surface area is 132 Å². The lowest BCUT2D eigenvalue weighted by molar-refractivity contribution is 0.442. The molecule has 1 aromatic carbocycles. The van der Waals surface area contributed by atoms with E-state index in [1.165, 1.54) is 42.7 Å². The molecule has 0 unspecified atom stereocenters. The predicted octanol–water partition coefficient (Wildman–Crippen LogP) is 5.51. The number of benzene rings is 1. The standard InChI is InChI=1S/C16H19BrN2S/c1-10-7-8-12(9-13(10)17)14-15(18)20-16(19-14)11-5-3-2-4-6-11/h7-9,11H,2-6,18H2,1H3. The summed E-state index contributed by atoms with van der Waals surface area (Å²) in [5, 5.41) is 2.08. The van der Waals surface area contributed by atoms with Crippen molar-refractivity contribution in [2.45, 2.75) is 44.9 Å². The number of nitrogens with two attached hydrogens (primary N) is 1. The van der Waals surface area contributed by atoms with Crippen LogP contribution in [0.1, 0.15) is 48.6 Å². The molecule has 0 bridgehead atoms. The van der Waals surface area contributed by atoms with E-state index in [1.54, 1.807) is 11.3 Å². The quantitative estimate of drug-likeness (QED) is 0.775. The van der Waals surface area contributed by atoms with E-state index < -0.39 is 0 Å². The topological polar surface area (TPSA) is 38.9 Å². The van der Waals surface area contributed by atoms with Crippen molar-refractivity contribution in [2.24, 2.45) is 0 Å². The first-order chi connectivity index (χ1) is 9.65. The van der Waals surface area contributed by atoms with Crippen LogP contribution < -0.4 is 5.73 Å². The van der Waals surface area contributed by atoms with Gasteiger partial charge in [0.2, 0.25) is 0 Å². The molecule has 2 N–H and O–H groups in total. The first-order valence-electron chi connectivity index (χ1n) is 7.18. The normalized spacial score (nSPS) is 16.5. The molecule has 0 radical (unpaired) electrons. The fourth-order valence-electron chi connectivity index (χ4n) is 2.82. The first kappa shape index (κ1) is 14.1. The number of anilines is 1. The third-order valence-corrected chi connectivity index (χ3v) is 5.97. The zero-order valence-corrected chi connectivity index (χ0v) is 14.1. The van der Waals surface area contributed by atoms with Crippen LogP contribution in [0, 0.1) is 6.92 Å². The molecule has 1 fully saturated rings. The minimum absolute atomic E-state index is 0.624. The van der Waals surface area contributed by atoms with Crippen LogP contribution in [0.2, 0.25) is 0 Å². The number of aryl methyl sites for hydroxylation is 1. The first-order valence-corrected chi connectivity index (χ1v) is 8.79. The predicted molar refractivity (Wildman–Crippen MR) is 90.2 cm³/mol. The summed E-state index contributed by atoms with van der Waals surface area (Å²) in [5.74, 6) is 0.624. The minimum atomic E-state index is 0.624. The molecule has 4 heteroatoms. The second-order valence-electron chi connectivity index (χ2n) is 5.56. The van der Waals surface area contributed by atoms with E-state index in [9.17, 15) is 0 Å². The number of halogens is 1. The maximum atomic E-state index is 6.21. The molecule has 0 atom stereocenters. The van der Waals surface area contributed by atoms with Gasteiger partial charge in [0.1, 0.15) is 10.7 Å². The zero-order chi connectivity index (χ0) is 14.1. The lowest BCUT2D eigenvalue weighted by Gasteiger charge is -2.18. The van der Waals surface area contributed by atoms with E-state index >= 15 is 0 Å². The molecule has 1 heterocycles. The summed E-state index contributed by atoms with van der Waals surface area (Å²) >= 11 is 5.26. The molecule has 0 saturated heterocycles. The minimum Gasteiger partial charge on any atom is -0.389 e. The van der Waals surface area contributed by atoms with Gasteiger partial charge in [-0.05, 0) is 31.4 Å². The van der Waals surface area contributed by atoms with E-state index in [4.69, 9.17) is 10.7 Å². The van der Waals surface area contributed by atoms with Crippen LogP contribution in [0.4, 0.5) is 5.00 Å². The van der Waals surface area contributed by atoms with Crippen LogP contribution in [0.25, 0.3) is 11.3 Å². The van der Waals surface area contributed by atoms with Gasteiger partial charge >= 0.3 is 0 Å². The fraction of sp³-hybridized carbons (Fsp3) is 0.438. The molecule has 2 aromatic rings. The van der Waals surface area contributed by atoms with Gasteiger partial charge in [-0.2, -0.15) is 0 Å². The highest BCUT2D eigenvalue weighted by atomic mass is 79.9. The van der Waals surface area contributed by atoms with Crippen LogP contribution in [-0.4, -0.2) is 4.98 Å². The molecule has 0 aliphatic heterocycles. The van der Waals surface area contributed by atoms with Crippen LogP contribution in [0.15, 0.2) is 22.7 Å². The summed E-state index contributed by atoms with van der Waals surface area (Å²) in [5.41, 5.74) is 9.50. The highest BCUT2D eigenvalue weighted by Gasteiger charge is 2.21. The molecule has 3 rings (SSSR count). The third-order valence-electron chi connectivity index (χ3n) is 4.07. The summed E-state index contributed by atoms with van der Waals surface area (Å²) in [4.78, 5) is 4.85. The highest BCUT2D eigenvalue weighted by molar-refractivity contribution is 9.10. The second-order valence-corrected chi connectivity index (χ2v) is 7.48. The molecule has 1 aromatic heterocycles. The summed E-state index contributed by atoms with van der Waals surface area (Å²) in [6.07, 6.45) is 6.56. The van der Waals surface area contributed by atoms with Gasteiger partial charge in [0.05, 0.1) is 5.01 Å². The molecule has 20 heavy (non-hydrogen) atoms. The average molecular weight is 351 g/mol. The Morgan fingerprint density at radius 2 is 2.00 bits per heavy atom. The second kappa shape index (κ2) is 5.86. The molecule has 1 saturated carbocycles. The van der Waals surface area contributed by atoms with Crippen LogP contribution in [0.5, 0.6) is 0 Å². The Morgan fingerprint density at radius 3 is 2.70 bits per heavy atom. The van der Waals surface area contributed by atoms with Gasteiger partial charge in [0, 0.05) is 16.0 Å². The number of hydrogen-bond acceptors (Lipinski definition) is 3. The van der Waals surface area contributed by atoms with Crippen molar-refractivity contribution in [1.82, 2.24) is 4.98 Å². The Balaban J connectivity index is 1.93. The summed E-state index contributed by atoms with van der Waals surface area (Å²) in [6.45, 7) is 2.09. The third kappa shape index (κ3) is 2.77. The SMILES string of the molecule is Cc1ccc(-c2nc(C3CCCCC3)sc2N)cc1Br. The summed E-state index contributed by atoms with van der Waals surface area (Å²) < 4.78 is 1.11. The summed E-state index contributed by atoms with van der Waals surface area (Å²) in [7, 11) is 0. The largest absolute Gasteiger partial charge is 0.389 e. The van der Waals surface area contributed by atoms with Gasteiger partial charge in [-0.25, -0.2) is 4.98 Å². The van der Waals surface area contributed by atoms with E-state index in [1.807, 2.05) is 0 Å². The number of hydrogen-bond donors (Lipinski definition) is 1. The Kier molecular flexibility index (Phi) is 4.13. The van der Waals surface area contributed by atoms with E-state index in [0.717, 1.165) is 20.7 Å². The van der Waals surface area contributed by atoms with Gasteiger partial charge in [-0.15, -0.1) is 11.3 Å². The smallest absolute Gasteiger partial charge is 0.114 e. The Bertz CT molecular complexity index is 615. The van der Waals surface area contributed by atoms with E-state index in [-0.39, 0.29) is 0 Å². The van der Waals surface area contributed by atoms with E-state index in [0.29, 0.717) is 5.92 Å². The van der Waals surface area contributed by atoms with Crippen molar-refractivity contribution in [3.8, 4) is 11.3 Å². The molecule has 106 valence electrons. The van der Waals surface area contributed by atoms with Crippen molar-refractivity contribution < 1.29 is 0 Å². The Morgan fingerprint density at radius 1 is 1.25 bits per heavy atom. The van der Waals surface area contributed by atoms with Crippen molar-refractivity contribution in [1.29, 1.82) is 0 Å². The van der Waals surface area contributed by atoms with Gasteiger partial charge in [-0.3, -0.25) is 0 Å². The Hall–Kier alpha value is -0.870. The fourth-order valence-corrected chi connectivity index (χ4v) is 4.22. The molecular weight excluding hydrogens is 332 g/mol. The lowest BCUT2D eigenvalue weighted by atomic mass is 9.90. The van der Waals surface area contributed by atoms with Gasteiger partial charge in [0.15, 0.2) is 0 Å². The molecule has 1 aliphatic rings. The number of nitrogens with zero attached hydrogens (tertiary/aromatic N) is 1. The van der Waals surface area contributed by atoms with Crippen molar-refractivity contribution in [3.05, 3.63) is 33.2 Å². The number of nitrogen functional groups attached to an aromatic ring is 1. The number of aromatic nitrogens is 1. The van der Waals surface area contributed by atoms with Crippen LogP contribution >= 0.6 is 27.3 Å². The van der Waals surface area contributed by atoms with Crippen LogP contribution in [0.3, 0.4) is 0 Å². The molecular formula is C16H19BrN2S. The maximum Gasteiger partial charge on any atom is 0.114 e. The van der Waals surface area contributed by atoms with Crippen LogP contribution in [-0.2, 0) is 0 Å². The van der Waals surface area contributed by atoms with Crippen molar-refractivity contribution in [2.75, 3.05) is 5.73 Å². The molecule has 0 spiro atoms. The highest BCUT2D eigenvalue weighted by Crippen LogP contribution is 2.40. The van der Waals surface area contributed by atoms with E-state index in [2.05, 4.69) is 41.1 Å². The van der Waals surface area contributed by atoms with Crippen molar-refractivity contribution in [3.63, 3.8) is 0 Å². The zero-order valence-electron chi connectivity index (χ0n) is 11.7. The van der Waals surface area contributed by atoms with Gasteiger partial charge < -0.3 is 5.73 Å². The summed E-state index contributed by atoms with van der Waals surface area (Å²) in [6, 6.07) is 6.33. The van der Waals surface area contributed by atoms with Gasteiger partial charge in [-0.1, -0.05) is 47.3 Å². The molecule has 0 amide bonds. The molecule has 2 nitrogen and oxygen atoms in total. The lowest BCUT2D eigenvalue weighted by Crippen LogP contribution is -2.03. The molecule has 1 aliphatic carbocycles. The maximum absolute atomic E-state index is 6.21. The average Bonchev–Trinajstić information content (AvgIpc) is 2.85. The monoisotopic (exact) mass is 350 g/mol. The van der Waals surface area contributed by atoms with Gasteiger partial charge in [0.25, 0.3) is 0 Å². The number of thiazole rings is 1. The number of rotatable bonds is 2.